The Morgan fingerprint density at radius 1 is 1.10 bits per heavy atom. The molecule has 1 aromatic heterocycles. The zero-order valence-electron chi connectivity index (χ0n) is 22.3. The van der Waals surface area contributed by atoms with Crippen molar-refractivity contribution < 1.29 is 9.18 Å². The van der Waals surface area contributed by atoms with E-state index in [9.17, 15) is 9.18 Å². The Morgan fingerprint density at radius 3 is 2.56 bits per heavy atom. The number of rotatable bonds is 8. The highest BCUT2D eigenvalue weighted by atomic mass is 19.1. The molecule has 1 saturated carbocycles. The van der Waals surface area contributed by atoms with Crippen molar-refractivity contribution in [3.05, 3.63) is 101 Å². The Bertz CT molecular complexity index is 1390. The predicted octanol–water partition coefficient (Wildman–Crippen LogP) is 4.97. The first-order valence-electron chi connectivity index (χ1n) is 13.3. The van der Waals surface area contributed by atoms with Crippen LogP contribution in [0.15, 0.2) is 78.1 Å². The molecule has 1 aliphatic heterocycles. The minimum Gasteiger partial charge on any atom is -0.375 e. The number of amides is 1. The Kier molecular flexibility index (Phi) is 7.89. The molecule has 200 valence electrons. The second-order valence-corrected chi connectivity index (χ2v) is 10.3. The van der Waals surface area contributed by atoms with Crippen LogP contribution in [0.5, 0.6) is 0 Å². The van der Waals surface area contributed by atoms with Gasteiger partial charge in [-0.1, -0.05) is 31.2 Å². The van der Waals surface area contributed by atoms with E-state index in [1.54, 1.807) is 36.0 Å². The van der Waals surface area contributed by atoms with Crippen molar-refractivity contribution in [3.8, 4) is 6.07 Å². The molecular formula is C31H33FN6O. The predicted molar refractivity (Wildman–Crippen MR) is 151 cm³/mol. The summed E-state index contributed by atoms with van der Waals surface area (Å²) in [6.07, 6.45) is 4.20. The molecule has 2 N–H and O–H groups in total. The first kappa shape index (κ1) is 26.4. The van der Waals surface area contributed by atoms with Crippen LogP contribution in [0.2, 0.25) is 0 Å². The third-order valence-electron chi connectivity index (χ3n) is 7.46. The van der Waals surface area contributed by atoms with Gasteiger partial charge in [0.15, 0.2) is 0 Å². The van der Waals surface area contributed by atoms with E-state index >= 15 is 0 Å². The molecule has 2 fully saturated rings. The number of benzene rings is 2. The zero-order chi connectivity index (χ0) is 27.4. The van der Waals surface area contributed by atoms with E-state index in [2.05, 4.69) is 38.5 Å². The van der Waals surface area contributed by atoms with Gasteiger partial charge in [-0.3, -0.25) is 4.79 Å². The number of likely N-dealkylation sites (N-methyl/N-ethyl adjacent to an activating group) is 1. The number of pyridine rings is 1. The van der Waals surface area contributed by atoms with Crippen molar-refractivity contribution in [1.29, 1.82) is 5.26 Å². The molecule has 1 saturated heterocycles. The van der Waals surface area contributed by atoms with E-state index in [0.29, 0.717) is 23.5 Å². The molecule has 2 unspecified atom stereocenters. The number of hydrogen-bond donors (Lipinski definition) is 2. The summed E-state index contributed by atoms with van der Waals surface area (Å²) in [6.45, 7) is 5.29. The van der Waals surface area contributed by atoms with Gasteiger partial charge in [-0.2, -0.15) is 5.26 Å². The molecule has 2 aliphatic rings. The number of nitriles is 1. The number of carbonyl (C=O) groups excluding carboxylic acids is 1. The van der Waals surface area contributed by atoms with Gasteiger partial charge in [-0.15, -0.1) is 0 Å². The first-order chi connectivity index (χ1) is 18.9. The van der Waals surface area contributed by atoms with Crippen molar-refractivity contribution in [1.82, 2.24) is 15.2 Å². The summed E-state index contributed by atoms with van der Waals surface area (Å²) in [5.41, 5.74) is 6.16. The lowest BCUT2D eigenvalue weighted by Gasteiger charge is -2.37. The van der Waals surface area contributed by atoms with Gasteiger partial charge in [0.1, 0.15) is 17.7 Å². The summed E-state index contributed by atoms with van der Waals surface area (Å²) in [5, 5.41) is 15.3. The highest BCUT2D eigenvalue weighted by Crippen LogP contribution is 2.35. The van der Waals surface area contributed by atoms with Crippen LogP contribution in [-0.2, 0) is 4.79 Å². The number of piperazine rings is 1. The minimum absolute atomic E-state index is 0.0677. The summed E-state index contributed by atoms with van der Waals surface area (Å²) in [4.78, 5) is 22.6. The van der Waals surface area contributed by atoms with Gasteiger partial charge in [0.2, 0.25) is 5.91 Å². The van der Waals surface area contributed by atoms with Crippen LogP contribution in [0, 0.1) is 17.1 Å². The quantitative estimate of drug-likeness (QED) is 0.433. The number of nitrogens with one attached hydrogen (secondary N) is 2. The van der Waals surface area contributed by atoms with Crippen molar-refractivity contribution >= 4 is 17.4 Å². The summed E-state index contributed by atoms with van der Waals surface area (Å²) in [6, 6.07) is 18.6. The molecule has 1 amide bonds. The van der Waals surface area contributed by atoms with Crippen LogP contribution in [-0.4, -0.2) is 49.0 Å². The van der Waals surface area contributed by atoms with E-state index in [-0.39, 0.29) is 11.8 Å². The maximum absolute atomic E-state index is 14.1. The highest BCUT2D eigenvalue weighted by Gasteiger charge is 2.27. The molecular weight excluding hydrogens is 491 g/mol. The highest BCUT2D eigenvalue weighted by molar-refractivity contribution is 5.94. The van der Waals surface area contributed by atoms with Gasteiger partial charge in [-0.05, 0) is 71.9 Å². The third-order valence-corrected chi connectivity index (χ3v) is 7.46. The third kappa shape index (κ3) is 6.44. The second kappa shape index (κ2) is 11.7. The van der Waals surface area contributed by atoms with Gasteiger partial charge >= 0.3 is 0 Å². The smallest absolute Gasteiger partial charge is 0.247 e. The number of anilines is 2. The number of hydrogen-bond acceptors (Lipinski definition) is 6. The number of halogens is 1. The standard InChI is InChI=1S/C31H33FN6O/c1-21(23-8-6-22(17-33)7-9-23)18-35-30(25-4-3-5-26(32)16-25)31(39)36-29-13-12-27(19-34-29)38-15-14-37(2)28(20-38)24-10-11-24/h3-9,12-13,16,19,21,30,35H,10-11,14-15,18,20H2,1-2H3,(H,34,36,39). The van der Waals surface area contributed by atoms with E-state index < -0.39 is 11.9 Å². The summed E-state index contributed by atoms with van der Waals surface area (Å²) in [5.74, 6) is -0.198. The van der Waals surface area contributed by atoms with Crippen LogP contribution in [0.25, 0.3) is 0 Å². The van der Waals surface area contributed by atoms with Gasteiger partial charge in [0.05, 0.1) is 30.1 Å². The number of carbonyl (C=O) groups is 1. The van der Waals surface area contributed by atoms with Crippen LogP contribution in [0.4, 0.5) is 15.9 Å². The molecule has 0 radical (unpaired) electrons. The van der Waals surface area contributed by atoms with E-state index in [1.807, 2.05) is 31.2 Å². The SMILES string of the molecule is CC(CNC(C(=O)Nc1ccc(N2CCN(C)C(=C3CC3)C2)cn1)c1cccc(F)c1)c1ccc(C#N)cc1. The fourth-order valence-electron chi connectivity index (χ4n) is 4.93. The molecule has 2 aromatic carbocycles. The average Bonchev–Trinajstić information content (AvgIpc) is 3.79. The molecule has 1 aliphatic carbocycles. The lowest BCUT2D eigenvalue weighted by molar-refractivity contribution is -0.118. The summed E-state index contributed by atoms with van der Waals surface area (Å²) < 4.78 is 14.1. The molecule has 5 rings (SSSR count). The van der Waals surface area contributed by atoms with Crippen molar-refractivity contribution in [2.75, 3.05) is 43.4 Å². The van der Waals surface area contributed by atoms with Crippen molar-refractivity contribution in [2.45, 2.75) is 31.7 Å². The molecule has 7 nitrogen and oxygen atoms in total. The average molecular weight is 525 g/mol. The van der Waals surface area contributed by atoms with Crippen molar-refractivity contribution in [3.63, 3.8) is 0 Å². The molecule has 2 atom stereocenters. The number of allylic oxidation sites excluding steroid dienone is 1. The molecule has 0 spiro atoms. The minimum atomic E-state index is -0.770. The maximum Gasteiger partial charge on any atom is 0.247 e. The van der Waals surface area contributed by atoms with Crippen LogP contribution >= 0.6 is 0 Å². The molecule has 39 heavy (non-hydrogen) atoms. The topological polar surface area (TPSA) is 84.3 Å². The molecule has 0 bridgehead atoms. The first-order valence-corrected chi connectivity index (χ1v) is 13.3. The Balaban J connectivity index is 1.26. The normalized spacial score (nSPS) is 16.5. The largest absolute Gasteiger partial charge is 0.375 e. The van der Waals surface area contributed by atoms with Gasteiger partial charge in [0.25, 0.3) is 0 Å². The fraction of sp³-hybridized carbons (Fsp3) is 0.323. The fourth-order valence-corrected chi connectivity index (χ4v) is 4.93. The second-order valence-electron chi connectivity index (χ2n) is 10.3. The number of nitrogens with zero attached hydrogens (tertiary/aromatic N) is 4. The van der Waals surface area contributed by atoms with Gasteiger partial charge in [0, 0.05) is 32.4 Å². The lowest BCUT2D eigenvalue weighted by atomic mass is 9.98. The summed E-state index contributed by atoms with van der Waals surface area (Å²) in [7, 11) is 2.16. The van der Waals surface area contributed by atoms with E-state index in [1.165, 1.54) is 30.7 Å². The van der Waals surface area contributed by atoms with Gasteiger partial charge < -0.3 is 20.4 Å². The van der Waals surface area contributed by atoms with Crippen molar-refractivity contribution in [2.24, 2.45) is 0 Å². The zero-order valence-corrected chi connectivity index (χ0v) is 22.3. The summed E-state index contributed by atoms with van der Waals surface area (Å²) >= 11 is 0. The molecule has 2 heterocycles. The van der Waals surface area contributed by atoms with Crippen LogP contribution in [0.3, 0.4) is 0 Å². The van der Waals surface area contributed by atoms with E-state index in [0.717, 1.165) is 30.9 Å². The van der Waals surface area contributed by atoms with E-state index in [4.69, 9.17) is 5.26 Å². The molecule has 3 aromatic rings. The van der Waals surface area contributed by atoms with Crippen LogP contribution < -0.4 is 15.5 Å². The number of aromatic nitrogens is 1. The Morgan fingerprint density at radius 2 is 1.90 bits per heavy atom. The Labute approximate surface area is 229 Å². The lowest BCUT2D eigenvalue weighted by Crippen LogP contribution is -2.43. The van der Waals surface area contributed by atoms with Gasteiger partial charge in [-0.25, -0.2) is 9.37 Å². The van der Waals surface area contributed by atoms with Crippen LogP contribution in [0.1, 0.15) is 48.4 Å². The Hall–Kier alpha value is -4.22. The molecule has 8 heteroatoms. The maximum atomic E-state index is 14.1. The monoisotopic (exact) mass is 524 g/mol.